The average molecular weight is 522 g/mol. The van der Waals surface area contributed by atoms with Gasteiger partial charge in [0.25, 0.3) is 0 Å². The molecular formula is C27H18F4N4O3. The van der Waals surface area contributed by atoms with Gasteiger partial charge in [0.15, 0.2) is 0 Å². The topological polar surface area (TPSA) is 88.3 Å². The number of aromatic amines is 1. The second kappa shape index (κ2) is 10.1. The molecule has 0 saturated heterocycles. The molecule has 2 aromatic heterocycles. The molecule has 0 aliphatic rings. The van der Waals surface area contributed by atoms with E-state index in [0.29, 0.717) is 22.8 Å². The van der Waals surface area contributed by atoms with E-state index in [1.54, 1.807) is 42.7 Å². The number of carbonyl (C=O) groups excluding carboxylic acids is 1. The van der Waals surface area contributed by atoms with Crippen molar-refractivity contribution in [2.45, 2.75) is 6.18 Å². The lowest BCUT2D eigenvalue weighted by Gasteiger charge is -2.16. The molecule has 0 spiro atoms. The van der Waals surface area contributed by atoms with E-state index < -0.39 is 29.3 Å². The number of carbonyl (C=O) groups is 1. The molecule has 0 unspecified atom stereocenters. The predicted molar refractivity (Wildman–Crippen MR) is 133 cm³/mol. The van der Waals surface area contributed by atoms with E-state index in [-0.39, 0.29) is 11.4 Å². The number of H-pyrrole nitrogens is 1. The van der Waals surface area contributed by atoms with Crippen LogP contribution in [0.2, 0.25) is 0 Å². The lowest BCUT2D eigenvalue weighted by Crippen LogP contribution is -2.20. The fourth-order valence-corrected chi connectivity index (χ4v) is 3.60. The smallest absolute Gasteiger partial charge is 0.420 e. The van der Waals surface area contributed by atoms with Gasteiger partial charge in [-0.05, 0) is 78.9 Å². The first-order valence-corrected chi connectivity index (χ1v) is 11.2. The molecule has 5 rings (SSSR count). The Bertz CT molecular complexity index is 1580. The van der Waals surface area contributed by atoms with Crippen LogP contribution in [0.1, 0.15) is 5.56 Å². The first-order valence-electron chi connectivity index (χ1n) is 11.2. The molecule has 2 amide bonds. The number of ether oxygens (including phenoxy) is 2. The first-order chi connectivity index (χ1) is 18.2. The summed E-state index contributed by atoms with van der Waals surface area (Å²) in [5.41, 5.74) is -0.131. The summed E-state index contributed by atoms with van der Waals surface area (Å²) in [4.78, 5) is 19.6. The van der Waals surface area contributed by atoms with E-state index in [9.17, 15) is 22.4 Å². The molecule has 192 valence electrons. The van der Waals surface area contributed by atoms with Gasteiger partial charge in [-0.15, -0.1) is 0 Å². The van der Waals surface area contributed by atoms with E-state index in [0.717, 1.165) is 29.7 Å². The molecule has 2 heterocycles. The summed E-state index contributed by atoms with van der Waals surface area (Å²) < 4.78 is 65.2. The molecule has 3 N–H and O–H groups in total. The van der Waals surface area contributed by atoms with Crippen molar-refractivity contribution in [3.05, 3.63) is 103 Å². The zero-order valence-corrected chi connectivity index (χ0v) is 19.3. The maximum absolute atomic E-state index is 13.7. The van der Waals surface area contributed by atoms with Crippen molar-refractivity contribution in [2.75, 3.05) is 10.6 Å². The number of fused-ring (bicyclic) bond motifs is 1. The van der Waals surface area contributed by atoms with Crippen molar-refractivity contribution in [2.24, 2.45) is 0 Å². The van der Waals surface area contributed by atoms with Crippen LogP contribution in [0.25, 0.3) is 11.0 Å². The largest absolute Gasteiger partial charge is 0.457 e. The summed E-state index contributed by atoms with van der Waals surface area (Å²) in [6.45, 7) is 0. The van der Waals surface area contributed by atoms with Crippen molar-refractivity contribution in [1.29, 1.82) is 0 Å². The molecule has 0 fully saturated rings. The second-order valence-electron chi connectivity index (χ2n) is 8.02. The molecule has 0 atom stereocenters. The Morgan fingerprint density at radius 3 is 2.13 bits per heavy atom. The van der Waals surface area contributed by atoms with E-state index >= 15 is 0 Å². The number of pyridine rings is 1. The number of nitrogens with zero attached hydrogens (tertiary/aromatic N) is 1. The molecule has 0 saturated carbocycles. The van der Waals surface area contributed by atoms with Crippen LogP contribution >= 0.6 is 0 Å². The van der Waals surface area contributed by atoms with Gasteiger partial charge >= 0.3 is 12.2 Å². The van der Waals surface area contributed by atoms with Crippen LogP contribution in [-0.2, 0) is 6.18 Å². The Balaban J connectivity index is 1.25. The number of nitrogens with one attached hydrogen (secondary N) is 3. The SMILES string of the molecule is O=C(Nc1ccc(Oc2ccnc3[nH]ccc23)cc1)Nc1ccc(Oc2ccc(F)cc2)c(C(F)(F)F)c1. The standard InChI is InChI=1S/C27H18F4N4O3/c28-16-1-6-19(7-2-16)38-24-10-5-18(15-22(24)27(29,30)31)35-26(36)34-17-3-8-20(9-4-17)37-23-12-14-33-25-21(23)11-13-32-25/h1-15H,(H,32,33)(H2,34,35,36). The van der Waals surface area contributed by atoms with Gasteiger partial charge in [0.1, 0.15) is 40.0 Å². The van der Waals surface area contributed by atoms with Crippen LogP contribution in [0.4, 0.5) is 33.7 Å². The average Bonchev–Trinajstić information content (AvgIpc) is 3.37. The Labute approximate surface area is 213 Å². The van der Waals surface area contributed by atoms with E-state index in [1.807, 2.05) is 6.07 Å². The van der Waals surface area contributed by atoms with E-state index in [1.165, 1.54) is 18.2 Å². The van der Waals surface area contributed by atoms with Crippen LogP contribution < -0.4 is 20.1 Å². The molecule has 7 nitrogen and oxygen atoms in total. The number of benzene rings is 3. The number of urea groups is 1. The minimum Gasteiger partial charge on any atom is -0.457 e. The van der Waals surface area contributed by atoms with Gasteiger partial charge in [0.2, 0.25) is 0 Å². The van der Waals surface area contributed by atoms with Gasteiger partial charge in [0, 0.05) is 23.8 Å². The number of rotatable bonds is 6. The summed E-state index contributed by atoms with van der Waals surface area (Å²) >= 11 is 0. The molecule has 0 aliphatic heterocycles. The van der Waals surface area contributed by atoms with Crippen molar-refractivity contribution in [1.82, 2.24) is 9.97 Å². The second-order valence-corrected chi connectivity index (χ2v) is 8.02. The summed E-state index contributed by atoms with van der Waals surface area (Å²) in [6.07, 6.45) is -1.40. The van der Waals surface area contributed by atoms with Crippen LogP contribution in [0, 0.1) is 5.82 Å². The highest BCUT2D eigenvalue weighted by molar-refractivity contribution is 5.99. The zero-order chi connectivity index (χ0) is 26.7. The lowest BCUT2D eigenvalue weighted by molar-refractivity contribution is -0.138. The van der Waals surface area contributed by atoms with Gasteiger partial charge in [-0.2, -0.15) is 13.2 Å². The van der Waals surface area contributed by atoms with Gasteiger partial charge in [-0.3, -0.25) is 0 Å². The van der Waals surface area contributed by atoms with Crippen molar-refractivity contribution < 1.29 is 31.8 Å². The Morgan fingerprint density at radius 2 is 1.42 bits per heavy atom. The highest BCUT2D eigenvalue weighted by Gasteiger charge is 2.35. The molecule has 0 bridgehead atoms. The maximum atomic E-state index is 13.7. The molecule has 0 radical (unpaired) electrons. The van der Waals surface area contributed by atoms with E-state index in [2.05, 4.69) is 20.6 Å². The highest BCUT2D eigenvalue weighted by atomic mass is 19.4. The van der Waals surface area contributed by atoms with Gasteiger partial charge in [0.05, 0.1) is 5.39 Å². The minimum absolute atomic E-state index is 0.0317. The van der Waals surface area contributed by atoms with Gasteiger partial charge in [-0.1, -0.05) is 0 Å². The molecule has 0 aliphatic carbocycles. The Hall–Kier alpha value is -5.06. The first kappa shape index (κ1) is 24.6. The van der Waals surface area contributed by atoms with Gasteiger partial charge in [-0.25, -0.2) is 14.2 Å². The Kier molecular flexibility index (Phi) is 6.56. The number of amides is 2. The number of aromatic nitrogens is 2. The lowest BCUT2D eigenvalue weighted by atomic mass is 10.1. The normalized spacial score (nSPS) is 11.3. The summed E-state index contributed by atoms with van der Waals surface area (Å²) in [6, 6.07) is 16.9. The molecule has 3 aromatic carbocycles. The van der Waals surface area contributed by atoms with Gasteiger partial charge < -0.3 is 25.1 Å². The predicted octanol–water partition coefficient (Wildman–Crippen LogP) is 7.95. The summed E-state index contributed by atoms with van der Waals surface area (Å²) in [7, 11) is 0. The quantitative estimate of drug-likeness (QED) is 0.198. The molecule has 11 heteroatoms. The monoisotopic (exact) mass is 522 g/mol. The summed E-state index contributed by atoms with van der Waals surface area (Å²) in [5.74, 6) is 0.104. The van der Waals surface area contributed by atoms with Crippen LogP contribution in [0.5, 0.6) is 23.0 Å². The number of halogens is 4. The minimum atomic E-state index is -4.76. The van der Waals surface area contributed by atoms with Crippen molar-refractivity contribution >= 4 is 28.4 Å². The maximum Gasteiger partial charge on any atom is 0.420 e. The molecule has 5 aromatic rings. The van der Waals surface area contributed by atoms with Crippen LogP contribution in [0.3, 0.4) is 0 Å². The van der Waals surface area contributed by atoms with Crippen LogP contribution in [0.15, 0.2) is 91.3 Å². The Morgan fingerprint density at radius 1 is 0.789 bits per heavy atom. The fourth-order valence-electron chi connectivity index (χ4n) is 3.60. The number of alkyl halides is 3. The third kappa shape index (κ3) is 5.67. The van der Waals surface area contributed by atoms with Crippen molar-refractivity contribution in [3.63, 3.8) is 0 Å². The molecule has 38 heavy (non-hydrogen) atoms. The summed E-state index contributed by atoms with van der Waals surface area (Å²) in [5, 5.41) is 5.74. The van der Waals surface area contributed by atoms with Crippen molar-refractivity contribution in [3.8, 4) is 23.0 Å². The fraction of sp³-hybridized carbons (Fsp3) is 0.0370. The third-order valence-corrected chi connectivity index (χ3v) is 5.34. The number of hydrogen-bond donors (Lipinski definition) is 3. The number of hydrogen-bond acceptors (Lipinski definition) is 4. The zero-order valence-electron chi connectivity index (χ0n) is 19.3. The third-order valence-electron chi connectivity index (χ3n) is 5.34. The molecular weight excluding hydrogens is 504 g/mol. The highest BCUT2D eigenvalue weighted by Crippen LogP contribution is 2.40. The van der Waals surface area contributed by atoms with Crippen LogP contribution in [-0.4, -0.2) is 16.0 Å². The number of anilines is 2. The van der Waals surface area contributed by atoms with E-state index in [4.69, 9.17) is 9.47 Å².